The highest BCUT2D eigenvalue weighted by Crippen LogP contribution is 2.17. The summed E-state index contributed by atoms with van der Waals surface area (Å²) >= 11 is 0. The summed E-state index contributed by atoms with van der Waals surface area (Å²) in [4.78, 5) is 24.5. The lowest BCUT2D eigenvalue weighted by molar-refractivity contribution is -0.131. The van der Waals surface area contributed by atoms with Crippen molar-refractivity contribution in [3.63, 3.8) is 0 Å². The van der Waals surface area contributed by atoms with Crippen LogP contribution in [0.15, 0.2) is 24.3 Å². The third kappa shape index (κ3) is 4.41. The summed E-state index contributed by atoms with van der Waals surface area (Å²) in [5.74, 6) is -2.08. The normalized spacial score (nSPS) is 12.4. The van der Waals surface area contributed by atoms with Gasteiger partial charge in [-0.25, -0.2) is 9.18 Å². The molecule has 1 unspecified atom stereocenters. The van der Waals surface area contributed by atoms with E-state index in [1.54, 1.807) is 4.90 Å². The molecule has 114 valence electrons. The van der Waals surface area contributed by atoms with Crippen LogP contribution in [-0.2, 0) is 4.79 Å². The van der Waals surface area contributed by atoms with Gasteiger partial charge in [-0.2, -0.15) is 0 Å². The summed E-state index contributed by atoms with van der Waals surface area (Å²) in [6.45, 7) is 6.20. The van der Waals surface area contributed by atoms with Crippen LogP contribution in [0.3, 0.4) is 0 Å². The highest BCUT2D eigenvalue weighted by Gasteiger charge is 2.21. The van der Waals surface area contributed by atoms with Gasteiger partial charge in [-0.05, 0) is 44.0 Å². The minimum atomic E-state index is -1.10. The quantitative estimate of drug-likeness (QED) is 0.819. The fourth-order valence-corrected chi connectivity index (χ4v) is 2.01. The molecule has 21 heavy (non-hydrogen) atoms. The minimum Gasteiger partial charge on any atom is -0.478 e. The number of nitrogens with zero attached hydrogens (tertiary/aromatic N) is 1. The van der Waals surface area contributed by atoms with Crippen molar-refractivity contribution < 1.29 is 19.1 Å². The van der Waals surface area contributed by atoms with Crippen LogP contribution < -0.4 is 0 Å². The maximum atomic E-state index is 13.9. The van der Waals surface area contributed by atoms with Gasteiger partial charge >= 0.3 is 5.97 Å². The molecule has 1 aromatic carbocycles. The molecule has 0 heterocycles. The first-order valence-corrected chi connectivity index (χ1v) is 6.92. The number of hydrogen-bond donors (Lipinski definition) is 1. The Bertz CT molecular complexity index is 554. The highest BCUT2D eigenvalue weighted by atomic mass is 19.1. The van der Waals surface area contributed by atoms with Gasteiger partial charge in [0.25, 0.3) is 5.91 Å². The summed E-state index contributed by atoms with van der Waals surface area (Å²) in [5, 5.41) is 8.60. The highest BCUT2D eigenvalue weighted by molar-refractivity contribution is 5.95. The van der Waals surface area contributed by atoms with Crippen molar-refractivity contribution in [2.75, 3.05) is 6.54 Å². The van der Waals surface area contributed by atoms with Crippen LogP contribution >= 0.6 is 0 Å². The zero-order valence-corrected chi connectivity index (χ0v) is 12.5. The van der Waals surface area contributed by atoms with Crippen molar-refractivity contribution in [2.24, 2.45) is 0 Å². The van der Waals surface area contributed by atoms with Gasteiger partial charge in [0, 0.05) is 18.7 Å². The van der Waals surface area contributed by atoms with Crippen LogP contribution in [0.25, 0.3) is 6.08 Å². The molecule has 0 fully saturated rings. The molecule has 0 saturated carbocycles. The van der Waals surface area contributed by atoms with Crippen LogP contribution in [0.1, 0.15) is 43.1 Å². The second-order valence-electron chi connectivity index (χ2n) is 4.76. The standard InChI is InChI=1S/C16H20FNO3/c1-4-11(3)18(5-2)16(21)13-10-12(6-8-14(13)17)7-9-15(19)20/h6-11H,4-5H2,1-3H3,(H,19,20). The Kier molecular flexibility index (Phi) is 6.09. The fraction of sp³-hybridized carbons (Fsp3) is 0.375. The number of aliphatic carboxylic acids is 1. The van der Waals surface area contributed by atoms with Gasteiger partial charge < -0.3 is 10.0 Å². The molecule has 1 rings (SSSR count). The summed E-state index contributed by atoms with van der Waals surface area (Å²) in [5.41, 5.74) is 0.437. The third-order valence-corrected chi connectivity index (χ3v) is 3.36. The van der Waals surface area contributed by atoms with E-state index in [1.165, 1.54) is 24.3 Å². The molecule has 4 nitrogen and oxygen atoms in total. The molecule has 0 aromatic heterocycles. The van der Waals surface area contributed by atoms with Crippen molar-refractivity contribution in [2.45, 2.75) is 33.2 Å². The Labute approximate surface area is 123 Å². The zero-order valence-electron chi connectivity index (χ0n) is 12.5. The Morgan fingerprint density at radius 2 is 2.05 bits per heavy atom. The predicted octanol–water partition coefficient (Wildman–Crippen LogP) is 3.18. The van der Waals surface area contributed by atoms with Gasteiger partial charge in [-0.15, -0.1) is 0 Å². The summed E-state index contributed by atoms with van der Waals surface area (Å²) in [7, 11) is 0. The monoisotopic (exact) mass is 293 g/mol. The maximum Gasteiger partial charge on any atom is 0.328 e. The van der Waals surface area contributed by atoms with E-state index in [-0.39, 0.29) is 17.5 Å². The lowest BCUT2D eigenvalue weighted by Gasteiger charge is -2.27. The molecule has 0 radical (unpaired) electrons. The van der Waals surface area contributed by atoms with Crippen molar-refractivity contribution in [1.82, 2.24) is 4.90 Å². The second kappa shape index (κ2) is 7.57. The number of carboxylic acid groups (broad SMARTS) is 1. The molecule has 1 aromatic rings. The van der Waals surface area contributed by atoms with Crippen LogP contribution in [0, 0.1) is 5.82 Å². The molecule has 0 saturated heterocycles. The minimum absolute atomic E-state index is 0.0140. The van der Waals surface area contributed by atoms with Gasteiger partial charge in [0.1, 0.15) is 5.82 Å². The Hall–Kier alpha value is -2.17. The van der Waals surface area contributed by atoms with Crippen LogP contribution in [0.2, 0.25) is 0 Å². The van der Waals surface area contributed by atoms with Crippen molar-refractivity contribution >= 4 is 18.0 Å². The molecule has 1 N–H and O–H groups in total. The Morgan fingerprint density at radius 1 is 1.38 bits per heavy atom. The maximum absolute atomic E-state index is 13.9. The molecule has 0 aliphatic heterocycles. The molecule has 0 bridgehead atoms. The lowest BCUT2D eigenvalue weighted by Crippen LogP contribution is -2.38. The van der Waals surface area contributed by atoms with E-state index in [4.69, 9.17) is 5.11 Å². The van der Waals surface area contributed by atoms with Crippen molar-refractivity contribution in [3.8, 4) is 0 Å². The summed E-state index contributed by atoms with van der Waals surface area (Å²) in [6.07, 6.45) is 3.06. The Morgan fingerprint density at radius 3 is 2.57 bits per heavy atom. The average molecular weight is 293 g/mol. The topological polar surface area (TPSA) is 57.6 Å². The largest absolute Gasteiger partial charge is 0.478 e. The molecular weight excluding hydrogens is 273 g/mol. The molecule has 5 heteroatoms. The zero-order chi connectivity index (χ0) is 16.0. The first-order chi connectivity index (χ1) is 9.90. The fourth-order valence-electron chi connectivity index (χ4n) is 2.01. The number of carbonyl (C=O) groups is 2. The van der Waals surface area contributed by atoms with E-state index in [2.05, 4.69) is 0 Å². The van der Waals surface area contributed by atoms with Gasteiger partial charge in [0.15, 0.2) is 0 Å². The van der Waals surface area contributed by atoms with Crippen molar-refractivity contribution in [3.05, 3.63) is 41.2 Å². The summed E-state index contributed by atoms with van der Waals surface area (Å²) in [6, 6.07) is 4.01. The third-order valence-electron chi connectivity index (χ3n) is 3.36. The number of amides is 1. The molecule has 1 atom stereocenters. The SMILES string of the molecule is CCC(C)N(CC)C(=O)c1cc(C=CC(=O)O)ccc1F. The molecular formula is C16H20FNO3. The number of halogens is 1. The number of benzene rings is 1. The molecule has 0 spiro atoms. The van der Waals surface area contributed by atoms with Crippen LogP contribution in [0.4, 0.5) is 4.39 Å². The summed E-state index contributed by atoms with van der Waals surface area (Å²) < 4.78 is 13.9. The first kappa shape index (κ1) is 16.9. The van der Waals surface area contributed by atoms with E-state index in [1.807, 2.05) is 20.8 Å². The van der Waals surface area contributed by atoms with E-state index >= 15 is 0 Å². The van der Waals surface area contributed by atoms with E-state index in [0.29, 0.717) is 12.1 Å². The van der Waals surface area contributed by atoms with E-state index < -0.39 is 11.8 Å². The molecule has 0 aliphatic carbocycles. The second-order valence-corrected chi connectivity index (χ2v) is 4.76. The molecule has 1 amide bonds. The average Bonchev–Trinajstić information content (AvgIpc) is 2.46. The van der Waals surface area contributed by atoms with Gasteiger partial charge in [0.2, 0.25) is 0 Å². The number of hydrogen-bond acceptors (Lipinski definition) is 2. The smallest absolute Gasteiger partial charge is 0.328 e. The predicted molar refractivity (Wildman–Crippen MR) is 79.5 cm³/mol. The van der Waals surface area contributed by atoms with E-state index in [0.717, 1.165) is 12.5 Å². The number of rotatable bonds is 6. The van der Waals surface area contributed by atoms with Gasteiger partial charge in [0.05, 0.1) is 5.56 Å². The van der Waals surface area contributed by atoms with E-state index in [9.17, 15) is 14.0 Å². The van der Waals surface area contributed by atoms with Crippen molar-refractivity contribution in [1.29, 1.82) is 0 Å². The number of carboxylic acids is 1. The van der Waals surface area contributed by atoms with Gasteiger partial charge in [-0.3, -0.25) is 4.79 Å². The van der Waals surface area contributed by atoms with Crippen LogP contribution in [-0.4, -0.2) is 34.5 Å². The Balaban J connectivity index is 3.13. The van der Waals surface area contributed by atoms with Gasteiger partial charge in [-0.1, -0.05) is 13.0 Å². The number of carbonyl (C=O) groups excluding carboxylic acids is 1. The lowest BCUT2D eigenvalue weighted by atomic mass is 10.1. The first-order valence-electron chi connectivity index (χ1n) is 6.92. The molecule has 0 aliphatic rings. The van der Waals surface area contributed by atoms with Crippen LogP contribution in [0.5, 0.6) is 0 Å².